The second-order valence-corrected chi connectivity index (χ2v) is 9.67. The van der Waals surface area contributed by atoms with Crippen LogP contribution < -0.4 is 0 Å². The molecule has 0 saturated carbocycles. The van der Waals surface area contributed by atoms with E-state index in [1.165, 1.54) is 6.07 Å². The van der Waals surface area contributed by atoms with Gasteiger partial charge in [-0.05, 0) is 65.0 Å². The summed E-state index contributed by atoms with van der Waals surface area (Å²) >= 11 is 0. The van der Waals surface area contributed by atoms with Crippen molar-refractivity contribution in [1.29, 1.82) is 0 Å². The van der Waals surface area contributed by atoms with Crippen LogP contribution in [0.25, 0.3) is 5.57 Å². The maximum Gasteiger partial charge on any atom is 0.305 e. The molecule has 0 bridgehead atoms. The van der Waals surface area contributed by atoms with Crippen molar-refractivity contribution >= 4 is 11.5 Å². The van der Waals surface area contributed by atoms with E-state index < -0.39 is 24.6 Å². The monoisotopic (exact) mass is 404 g/mol. The van der Waals surface area contributed by atoms with Crippen molar-refractivity contribution in [2.75, 3.05) is 0 Å². The van der Waals surface area contributed by atoms with Gasteiger partial charge in [0.25, 0.3) is 0 Å². The van der Waals surface area contributed by atoms with Crippen LogP contribution in [-0.4, -0.2) is 33.5 Å². The topological polar surface area (TPSA) is 77.8 Å². The number of aliphatic hydroxyl groups is 2. The zero-order chi connectivity index (χ0) is 22.0. The second kappa shape index (κ2) is 8.80. The number of carbonyl (C=O) groups is 1. The van der Waals surface area contributed by atoms with E-state index in [1.54, 1.807) is 19.1 Å². The molecule has 1 aromatic rings. The Hall–Kier alpha value is -1.98. The third-order valence-corrected chi connectivity index (χ3v) is 5.55. The normalized spacial score (nSPS) is 20.7. The maximum atomic E-state index is 13.8. The van der Waals surface area contributed by atoms with Crippen molar-refractivity contribution < 1.29 is 24.5 Å². The molecule has 1 aromatic carbocycles. The molecule has 4 nitrogen and oxygen atoms in total. The Bertz CT molecular complexity index is 820. The predicted octanol–water partition coefficient (Wildman–Crippen LogP) is 4.88. The van der Waals surface area contributed by atoms with Crippen molar-refractivity contribution in [2.24, 2.45) is 10.8 Å². The van der Waals surface area contributed by atoms with Gasteiger partial charge >= 0.3 is 5.97 Å². The SMILES string of the molecule is Cc1cc(C2=C(C=C[C@@H](O)C[C@@H](O)CC(=O)O)C(C)(C)CC(C)(C)C2)ccc1F. The molecule has 5 heteroatoms. The van der Waals surface area contributed by atoms with Gasteiger partial charge in [0.05, 0.1) is 18.6 Å². The van der Waals surface area contributed by atoms with Crippen LogP contribution in [0.15, 0.2) is 35.9 Å². The summed E-state index contributed by atoms with van der Waals surface area (Å²) in [5, 5.41) is 28.8. The molecule has 29 heavy (non-hydrogen) atoms. The molecule has 0 unspecified atom stereocenters. The van der Waals surface area contributed by atoms with Gasteiger partial charge in [0.2, 0.25) is 0 Å². The molecular formula is C24H33FO4. The minimum atomic E-state index is -1.10. The number of rotatable bonds is 7. The fourth-order valence-electron chi connectivity index (χ4n) is 4.60. The van der Waals surface area contributed by atoms with Gasteiger partial charge in [-0.1, -0.05) is 45.9 Å². The second-order valence-electron chi connectivity index (χ2n) is 9.67. The molecule has 0 spiro atoms. The summed E-state index contributed by atoms with van der Waals surface area (Å²) in [5.74, 6) is -1.33. The first-order valence-corrected chi connectivity index (χ1v) is 10.1. The smallest absolute Gasteiger partial charge is 0.305 e. The third kappa shape index (κ3) is 6.25. The lowest BCUT2D eigenvalue weighted by Crippen LogP contribution is -2.30. The highest BCUT2D eigenvalue weighted by Crippen LogP contribution is 2.52. The Labute approximate surface area is 172 Å². The number of carboxylic acids is 1. The predicted molar refractivity (Wildman–Crippen MR) is 113 cm³/mol. The van der Waals surface area contributed by atoms with Crippen molar-refractivity contribution in [3.8, 4) is 0 Å². The van der Waals surface area contributed by atoms with Gasteiger partial charge in [-0.3, -0.25) is 4.79 Å². The van der Waals surface area contributed by atoms with E-state index in [0.29, 0.717) is 5.56 Å². The van der Waals surface area contributed by atoms with Gasteiger partial charge in [-0.15, -0.1) is 0 Å². The van der Waals surface area contributed by atoms with E-state index in [4.69, 9.17) is 5.11 Å². The molecule has 0 saturated heterocycles. The van der Waals surface area contributed by atoms with Crippen LogP contribution in [0.1, 0.15) is 64.5 Å². The van der Waals surface area contributed by atoms with Crippen LogP contribution in [0.2, 0.25) is 0 Å². The first-order valence-electron chi connectivity index (χ1n) is 10.1. The Morgan fingerprint density at radius 1 is 1.24 bits per heavy atom. The highest BCUT2D eigenvalue weighted by Gasteiger charge is 2.38. The zero-order valence-electron chi connectivity index (χ0n) is 18.0. The molecular weight excluding hydrogens is 371 g/mol. The summed E-state index contributed by atoms with van der Waals surface area (Å²) in [4.78, 5) is 10.7. The molecule has 0 heterocycles. The molecule has 1 aliphatic carbocycles. The Balaban J connectivity index is 2.41. The molecule has 3 N–H and O–H groups in total. The lowest BCUT2D eigenvalue weighted by atomic mass is 9.61. The number of hydrogen-bond donors (Lipinski definition) is 3. The molecule has 0 aliphatic heterocycles. The van der Waals surface area contributed by atoms with Crippen LogP contribution in [0.4, 0.5) is 4.39 Å². The van der Waals surface area contributed by atoms with E-state index in [-0.39, 0.29) is 23.1 Å². The van der Waals surface area contributed by atoms with Gasteiger partial charge in [0, 0.05) is 6.42 Å². The van der Waals surface area contributed by atoms with E-state index in [9.17, 15) is 19.4 Å². The van der Waals surface area contributed by atoms with E-state index in [1.807, 2.05) is 12.1 Å². The molecule has 0 radical (unpaired) electrons. The van der Waals surface area contributed by atoms with Crippen LogP contribution in [0, 0.1) is 23.6 Å². The quantitative estimate of drug-likeness (QED) is 0.605. The van der Waals surface area contributed by atoms with Crippen molar-refractivity contribution in [1.82, 2.24) is 0 Å². The average Bonchev–Trinajstić information content (AvgIpc) is 2.53. The summed E-state index contributed by atoms with van der Waals surface area (Å²) in [7, 11) is 0. The van der Waals surface area contributed by atoms with Crippen LogP contribution in [-0.2, 0) is 4.79 Å². The van der Waals surface area contributed by atoms with Gasteiger partial charge in [0.1, 0.15) is 5.82 Å². The zero-order valence-corrected chi connectivity index (χ0v) is 18.0. The van der Waals surface area contributed by atoms with Crippen LogP contribution in [0.3, 0.4) is 0 Å². The summed E-state index contributed by atoms with van der Waals surface area (Å²) in [6.45, 7) is 10.5. The molecule has 0 amide bonds. The number of halogens is 1. The van der Waals surface area contributed by atoms with Crippen molar-refractivity contribution in [3.05, 3.63) is 52.9 Å². The minimum absolute atomic E-state index is 0.0347. The standard InChI is InChI=1S/C24H33FO4/c1-15-10-16(6-9-21(15)25)19-13-23(2,3)14-24(4,5)20(19)8-7-17(26)11-18(27)12-22(28)29/h6-10,17-18,26-27H,11-14H2,1-5H3,(H,28,29)/t17-,18-/m1/s1. The fourth-order valence-corrected chi connectivity index (χ4v) is 4.60. The molecule has 1 aliphatic rings. The molecule has 2 rings (SSSR count). The summed E-state index contributed by atoms with van der Waals surface area (Å²) in [6.07, 6.45) is 2.83. The van der Waals surface area contributed by atoms with Crippen molar-refractivity contribution in [3.63, 3.8) is 0 Å². The Morgan fingerprint density at radius 2 is 1.90 bits per heavy atom. The molecule has 160 valence electrons. The van der Waals surface area contributed by atoms with Crippen LogP contribution in [0.5, 0.6) is 0 Å². The molecule has 2 atom stereocenters. The van der Waals surface area contributed by atoms with Crippen molar-refractivity contribution in [2.45, 2.75) is 72.5 Å². The first-order chi connectivity index (χ1) is 13.3. The lowest BCUT2D eigenvalue weighted by Gasteiger charge is -2.43. The third-order valence-electron chi connectivity index (χ3n) is 5.55. The van der Waals surface area contributed by atoms with Gasteiger partial charge < -0.3 is 15.3 Å². The number of allylic oxidation sites excluding steroid dienone is 3. The maximum absolute atomic E-state index is 13.8. The number of hydrogen-bond acceptors (Lipinski definition) is 3. The largest absolute Gasteiger partial charge is 0.481 e. The number of aryl methyl sites for hydroxylation is 1. The Kier molecular flexibility index (Phi) is 7.07. The number of aliphatic hydroxyl groups excluding tert-OH is 2. The summed E-state index contributed by atoms with van der Waals surface area (Å²) in [6, 6.07) is 5.16. The fraction of sp³-hybridized carbons (Fsp3) is 0.542. The number of carboxylic acid groups (broad SMARTS) is 1. The van der Waals surface area contributed by atoms with E-state index in [0.717, 1.165) is 29.6 Å². The number of benzene rings is 1. The lowest BCUT2D eigenvalue weighted by molar-refractivity contribution is -0.139. The number of aliphatic carboxylic acids is 1. The highest BCUT2D eigenvalue weighted by molar-refractivity contribution is 5.74. The molecule has 0 fully saturated rings. The Morgan fingerprint density at radius 3 is 2.48 bits per heavy atom. The van der Waals surface area contributed by atoms with E-state index >= 15 is 0 Å². The van der Waals surface area contributed by atoms with Gasteiger partial charge in [-0.2, -0.15) is 0 Å². The highest BCUT2D eigenvalue weighted by atomic mass is 19.1. The summed E-state index contributed by atoms with van der Waals surface area (Å²) in [5.41, 5.74) is 3.70. The van der Waals surface area contributed by atoms with E-state index in [2.05, 4.69) is 27.7 Å². The average molecular weight is 405 g/mol. The first kappa shape index (κ1) is 23.3. The minimum Gasteiger partial charge on any atom is -0.481 e. The molecule has 0 aromatic heterocycles. The van der Waals surface area contributed by atoms with Gasteiger partial charge in [-0.25, -0.2) is 4.39 Å². The summed E-state index contributed by atoms with van der Waals surface area (Å²) < 4.78 is 13.8. The van der Waals surface area contributed by atoms with Gasteiger partial charge in [0.15, 0.2) is 0 Å². The van der Waals surface area contributed by atoms with Crippen LogP contribution >= 0.6 is 0 Å².